The van der Waals surface area contributed by atoms with Crippen LogP contribution in [0.15, 0.2) is 42.5 Å². The molecule has 2 unspecified atom stereocenters. The SMILES string of the molecule is CCCCCCN(C(=O)C(CC(N)=O)NC(=O)OC(C)(C)C)C(C(=O)Nc1ccccc1C)c1c(C)cccc1C. The molecular weight excluding hydrogens is 520 g/mol. The predicted molar refractivity (Wildman–Crippen MR) is 161 cm³/mol. The van der Waals surface area contributed by atoms with E-state index in [0.717, 1.165) is 36.0 Å². The van der Waals surface area contributed by atoms with Crippen molar-refractivity contribution >= 4 is 29.5 Å². The van der Waals surface area contributed by atoms with E-state index in [4.69, 9.17) is 10.5 Å². The van der Waals surface area contributed by atoms with E-state index in [-0.39, 0.29) is 6.54 Å². The Kier molecular flexibility index (Phi) is 12.4. The molecule has 4 amide bonds. The second kappa shape index (κ2) is 15.2. The van der Waals surface area contributed by atoms with Crippen LogP contribution in [0.5, 0.6) is 0 Å². The number of nitrogens with zero attached hydrogens (tertiary/aromatic N) is 1. The van der Waals surface area contributed by atoms with Crippen molar-refractivity contribution < 1.29 is 23.9 Å². The molecule has 224 valence electrons. The van der Waals surface area contributed by atoms with Crippen LogP contribution in [0.1, 0.15) is 88.1 Å². The van der Waals surface area contributed by atoms with Crippen LogP contribution in [0.2, 0.25) is 0 Å². The van der Waals surface area contributed by atoms with E-state index in [2.05, 4.69) is 17.6 Å². The summed E-state index contributed by atoms with van der Waals surface area (Å²) < 4.78 is 5.36. The Morgan fingerprint density at radius 1 is 0.902 bits per heavy atom. The van der Waals surface area contributed by atoms with Crippen LogP contribution in [-0.4, -0.2) is 46.9 Å². The number of amides is 4. The third-order valence-corrected chi connectivity index (χ3v) is 6.71. The molecule has 0 radical (unpaired) electrons. The van der Waals surface area contributed by atoms with Gasteiger partial charge in [0.05, 0.1) is 6.42 Å². The minimum atomic E-state index is -1.31. The summed E-state index contributed by atoms with van der Waals surface area (Å²) in [6.45, 7) is 13.1. The van der Waals surface area contributed by atoms with Crippen molar-refractivity contribution in [1.29, 1.82) is 0 Å². The van der Waals surface area contributed by atoms with Crippen LogP contribution in [0, 0.1) is 20.8 Å². The summed E-state index contributed by atoms with van der Waals surface area (Å²) in [4.78, 5) is 54.6. The quantitative estimate of drug-likeness (QED) is 0.277. The van der Waals surface area contributed by atoms with Gasteiger partial charge in [0.25, 0.3) is 5.91 Å². The van der Waals surface area contributed by atoms with Gasteiger partial charge in [-0.2, -0.15) is 0 Å². The van der Waals surface area contributed by atoms with E-state index >= 15 is 0 Å². The molecule has 0 saturated carbocycles. The Morgan fingerprint density at radius 3 is 2.07 bits per heavy atom. The van der Waals surface area contributed by atoms with Crippen molar-refractivity contribution in [1.82, 2.24) is 10.2 Å². The highest BCUT2D eigenvalue weighted by atomic mass is 16.6. The second-order valence-electron chi connectivity index (χ2n) is 11.5. The molecule has 0 aliphatic carbocycles. The molecule has 0 spiro atoms. The first-order valence-corrected chi connectivity index (χ1v) is 14.3. The molecule has 2 rings (SSSR count). The third kappa shape index (κ3) is 10.2. The molecule has 2 aromatic carbocycles. The lowest BCUT2D eigenvalue weighted by Crippen LogP contribution is -2.54. The Balaban J connectivity index is 2.63. The Morgan fingerprint density at radius 2 is 1.51 bits per heavy atom. The number of nitrogens with two attached hydrogens (primary N) is 1. The molecule has 9 nitrogen and oxygen atoms in total. The maximum absolute atomic E-state index is 14.3. The van der Waals surface area contributed by atoms with Gasteiger partial charge in [-0.3, -0.25) is 14.4 Å². The average molecular weight is 567 g/mol. The number of alkyl carbamates (subject to hydrolysis) is 1. The summed E-state index contributed by atoms with van der Waals surface area (Å²) >= 11 is 0. The van der Waals surface area contributed by atoms with Gasteiger partial charge in [0.15, 0.2) is 0 Å². The van der Waals surface area contributed by atoms with Crippen molar-refractivity contribution in [2.24, 2.45) is 5.73 Å². The second-order valence-corrected chi connectivity index (χ2v) is 11.5. The predicted octanol–water partition coefficient (Wildman–Crippen LogP) is 5.47. The summed E-state index contributed by atoms with van der Waals surface area (Å²) in [5.74, 6) is -1.74. The molecule has 41 heavy (non-hydrogen) atoms. The zero-order valence-corrected chi connectivity index (χ0v) is 25.5. The van der Waals surface area contributed by atoms with Gasteiger partial charge >= 0.3 is 6.09 Å². The molecule has 0 aliphatic rings. The zero-order chi connectivity index (χ0) is 30.7. The summed E-state index contributed by atoms with van der Waals surface area (Å²) in [6, 6.07) is 10.8. The van der Waals surface area contributed by atoms with Gasteiger partial charge in [-0.15, -0.1) is 0 Å². The molecule has 0 bridgehead atoms. The van der Waals surface area contributed by atoms with E-state index in [1.807, 2.05) is 63.2 Å². The monoisotopic (exact) mass is 566 g/mol. The number of nitrogens with one attached hydrogen (secondary N) is 2. The number of hydrogen-bond acceptors (Lipinski definition) is 5. The van der Waals surface area contributed by atoms with Gasteiger partial charge in [0.2, 0.25) is 11.8 Å². The topological polar surface area (TPSA) is 131 Å². The third-order valence-electron chi connectivity index (χ3n) is 6.71. The molecule has 0 aliphatic heterocycles. The van der Waals surface area contributed by atoms with Crippen LogP contribution >= 0.6 is 0 Å². The number of hydrogen-bond donors (Lipinski definition) is 3. The van der Waals surface area contributed by atoms with Crippen molar-refractivity contribution in [2.75, 3.05) is 11.9 Å². The summed E-state index contributed by atoms with van der Waals surface area (Å²) in [7, 11) is 0. The molecule has 0 fully saturated rings. The lowest BCUT2D eigenvalue weighted by Gasteiger charge is -2.35. The van der Waals surface area contributed by atoms with Gasteiger partial charge in [-0.25, -0.2) is 4.79 Å². The number of carbonyl (C=O) groups is 4. The average Bonchev–Trinajstić information content (AvgIpc) is 2.86. The van der Waals surface area contributed by atoms with Gasteiger partial charge in [0, 0.05) is 12.2 Å². The standard InChI is InChI=1S/C32H46N4O5/c1-8-9-10-13-19-36(30(39)25(20-26(33)37)35-31(40)41-32(5,6)7)28(27-22(3)16-14-17-23(27)4)29(38)34-24-18-12-11-15-21(24)2/h11-12,14-18,25,28H,8-10,13,19-20H2,1-7H3,(H2,33,37)(H,34,38)(H,35,40). The van der Waals surface area contributed by atoms with Crippen molar-refractivity contribution in [3.05, 3.63) is 64.7 Å². The molecule has 9 heteroatoms. The number of para-hydroxylation sites is 1. The van der Waals surface area contributed by atoms with E-state index in [1.54, 1.807) is 20.8 Å². The van der Waals surface area contributed by atoms with Crippen LogP contribution in [-0.2, 0) is 19.1 Å². The first kappa shape index (κ1) is 33.3. The minimum absolute atomic E-state index is 0.240. The Bertz CT molecular complexity index is 1200. The number of anilines is 1. The van der Waals surface area contributed by atoms with E-state index in [0.29, 0.717) is 17.7 Å². The molecule has 0 aromatic heterocycles. The van der Waals surface area contributed by atoms with E-state index in [1.165, 1.54) is 4.90 Å². The number of benzene rings is 2. The zero-order valence-electron chi connectivity index (χ0n) is 25.5. The number of aryl methyl sites for hydroxylation is 3. The summed E-state index contributed by atoms with van der Waals surface area (Å²) in [5.41, 5.74) is 8.57. The largest absolute Gasteiger partial charge is 0.444 e. The fourth-order valence-electron chi connectivity index (χ4n) is 4.73. The molecule has 2 atom stereocenters. The Hall–Kier alpha value is -3.88. The van der Waals surface area contributed by atoms with Crippen LogP contribution < -0.4 is 16.4 Å². The fourth-order valence-corrected chi connectivity index (χ4v) is 4.73. The lowest BCUT2D eigenvalue weighted by molar-refractivity contribution is -0.142. The van der Waals surface area contributed by atoms with Crippen LogP contribution in [0.25, 0.3) is 0 Å². The smallest absolute Gasteiger partial charge is 0.408 e. The Labute approximate surface area is 244 Å². The van der Waals surface area contributed by atoms with E-state index < -0.39 is 47.9 Å². The molecular formula is C32H46N4O5. The number of rotatable bonds is 13. The molecule has 0 saturated heterocycles. The number of primary amides is 1. The maximum Gasteiger partial charge on any atom is 0.408 e. The van der Waals surface area contributed by atoms with Gasteiger partial charge in [0.1, 0.15) is 17.7 Å². The van der Waals surface area contributed by atoms with E-state index in [9.17, 15) is 19.2 Å². The maximum atomic E-state index is 14.3. The molecule has 4 N–H and O–H groups in total. The van der Waals surface area contributed by atoms with Crippen LogP contribution in [0.4, 0.5) is 10.5 Å². The number of carbonyl (C=O) groups excluding carboxylic acids is 4. The normalized spacial score (nSPS) is 12.7. The van der Waals surface area contributed by atoms with Crippen LogP contribution in [0.3, 0.4) is 0 Å². The molecule has 0 heterocycles. The number of ether oxygens (including phenoxy) is 1. The van der Waals surface area contributed by atoms with Crippen molar-refractivity contribution in [3.8, 4) is 0 Å². The van der Waals surface area contributed by atoms with Crippen molar-refractivity contribution in [2.45, 2.75) is 98.3 Å². The van der Waals surface area contributed by atoms with Gasteiger partial charge in [-0.1, -0.05) is 62.6 Å². The van der Waals surface area contributed by atoms with Gasteiger partial charge in [-0.05, 0) is 76.3 Å². The van der Waals surface area contributed by atoms with Gasteiger partial charge < -0.3 is 26.0 Å². The van der Waals surface area contributed by atoms with Crippen molar-refractivity contribution in [3.63, 3.8) is 0 Å². The molecule has 2 aromatic rings. The minimum Gasteiger partial charge on any atom is -0.444 e. The summed E-state index contributed by atoms with van der Waals surface area (Å²) in [6.07, 6.45) is 2.14. The number of unbranched alkanes of at least 4 members (excludes halogenated alkanes) is 3. The highest BCUT2D eigenvalue weighted by Gasteiger charge is 2.38. The highest BCUT2D eigenvalue weighted by molar-refractivity contribution is 6.00. The first-order chi connectivity index (χ1) is 19.2. The highest BCUT2D eigenvalue weighted by Crippen LogP contribution is 2.31. The summed E-state index contributed by atoms with van der Waals surface area (Å²) in [5, 5.41) is 5.55. The fraction of sp³-hybridized carbons (Fsp3) is 0.500. The first-order valence-electron chi connectivity index (χ1n) is 14.3. The lowest BCUT2D eigenvalue weighted by atomic mass is 9.93.